The van der Waals surface area contributed by atoms with Crippen LogP contribution < -0.4 is 0 Å². The molecule has 0 N–H and O–H groups in total. The molecule has 0 heterocycles. The van der Waals surface area contributed by atoms with Gasteiger partial charge in [-0.3, -0.25) is 9.59 Å². The fourth-order valence-corrected chi connectivity index (χ4v) is 8.50. The summed E-state index contributed by atoms with van der Waals surface area (Å²) in [6, 6.07) is 0. The normalized spacial score (nSPS) is 12.9. The molecule has 0 aromatic heterocycles. The minimum atomic E-state index is -0.561. The highest BCUT2D eigenvalue weighted by Crippen LogP contribution is 2.15. The molecule has 0 aliphatic rings. The molecule has 0 rings (SSSR count). The maximum atomic E-state index is 12.9. The van der Waals surface area contributed by atoms with Crippen LogP contribution in [0.1, 0.15) is 290 Å². The Labute approximate surface area is 447 Å². The molecule has 5 nitrogen and oxygen atoms in total. The Morgan fingerprint density at radius 2 is 0.625 bits per heavy atom. The van der Waals surface area contributed by atoms with Gasteiger partial charge in [0, 0.05) is 19.4 Å². The van der Waals surface area contributed by atoms with Gasteiger partial charge in [-0.2, -0.15) is 0 Å². The van der Waals surface area contributed by atoms with Crippen LogP contribution >= 0.6 is 0 Å². The number of rotatable bonds is 56. The third-order valence-electron chi connectivity index (χ3n) is 13.1. The molecular formula is C67H116O5. The fraction of sp³-hybridized carbons (Fsp3) is 0.731. The van der Waals surface area contributed by atoms with E-state index in [2.05, 4.69) is 118 Å². The van der Waals surface area contributed by atoms with Crippen molar-refractivity contribution in [1.29, 1.82) is 0 Å². The second-order valence-electron chi connectivity index (χ2n) is 20.2. The maximum Gasteiger partial charge on any atom is 0.306 e. The van der Waals surface area contributed by atoms with E-state index in [4.69, 9.17) is 14.2 Å². The number of hydrogen-bond acceptors (Lipinski definition) is 5. The molecule has 0 fully saturated rings. The van der Waals surface area contributed by atoms with E-state index in [1.54, 1.807) is 0 Å². The average molecular weight is 1000 g/mol. The third kappa shape index (κ3) is 59.4. The monoisotopic (exact) mass is 1000 g/mol. The van der Waals surface area contributed by atoms with Crippen LogP contribution in [0.15, 0.2) is 97.2 Å². The van der Waals surface area contributed by atoms with E-state index >= 15 is 0 Å². The van der Waals surface area contributed by atoms with Gasteiger partial charge in [0.05, 0.1) is 6.61 Å². The van der Waals surface area contributed by atoms with Crippen molar-refractivity contribution in [2.24, 2.45) is 0 Å². The lowest BCUT2D eigenvalue weighted by Crippen LogP contribution is -2.30. The highest BCUT2D eigenvalue weighted by Gasteiger charge is 2.17. The van der Waals surface area contributed by atoms with Gasteiger partial charge in [-0.05, 0) is 122 Å². The molecule has 0 saturated heterocycles. The first-order valence-corrected chi connectivity index (χ1v) is 30.8. The lowest BCUT2D eigenvalue weighted by molar-refractivity contribution is -0.163. The van der Waals surface area contributed by atoms with Crippen LogP contribution in [0.4, 0.5) is 0 Å². The molecule has 414 valence electrons. The van der Waals surface area contributed by atoms with Crippen molar-refractivity contribution in [2.45, 2.75) is 297 Å². The summed E-state index contributed by atoms with van der Waals surface area (Å²) in [4.78, 5) is 25.6. The van der Waals surface area contributed by atoms with Crippen molar-refractivity contribution in [1.82, 2.24) is 0 Å². The molecule has 0 aliphatic carbocycles. The van der Waals surface area contributed by atoms with E-state index in [0.717, 1.165) is 96.3 Å². The Morgan fingerprint density at radius 3 is 1.06 bits per heavy atom. The molecular weight excluding hydrogens is 885 g/mol. The van der Waals surface area contributed by atoms with Gasteiger partial charge in [0.15, 0.2) is 6.10 Å². The Morgan fingerprint density at radius 1 is 0.319 bits per heavy atom. The third-order valence-corrected chi connectivity index (χ3v) is 13.1. The van der Waals surface area contributed by atoms with Crippen molar-refractivity contribution in [3.63, 3.8) is 0 Å². The van der Waals surface area contributed by atoms with Crippen molar-refractivity contribution >= 4 is 11.9 Å². The van der Waals surface area contributed by atoms with Crippen molar-refractivity contribution in [3.05, 3.63) is 97.2 Å². The van der Waals surface area contributed by atoms with Gasteiger partial charge < -0.3 is 14.2 Å². The Balaban J connectivity index is 4.35. The van der Waals surface area contributed by atoms with Gasteiger partial charge in [0.2, 0.25) is 0 Å². The zero-order chi connectivity index (χ0) is 52.0. The van der Waals surface area contributed by atoms with Crippen molar-refractivity contribution < 1.29 is 23.8 Å². The van der Waals surface area contributed by atoms with Gasteiger partial charge >= 0.3 is 11.9 Å². The number of unbranched alkanes of at least 4 members (excludes halogenated alkanes) is 29. The number of esters is 2. The largest absolute Gasteiger partial charge is 0.462 e. The van der Waals surface area contributed by atoms with Crippen LogP contribution in [0.3, 0.4) is 0 Å². The SMILES string of the molecule is CC/C=C\C/C=C\C/C=C\C/C=C\C/C=C\CCCCCC(=O)OCC(COCCCCCCCCCCCC/C=C\CCCCCCCC)OC(=O)CCCCCCCCC/C=C\C/C=C\CCCCC. The maximum absolute atomic E-state index is 12.9. The first-order chi connectivity index (χ1) is 35.6. The van der Waals surface area contributed by atoms with Crippen LogP contribution in [-0.4, -0.2) is 37.9 Å². The average Bonchev–Trinajstić information content (AvgIpc) is 3.38. The van der Waals surface area contributed by atoms with Gasteiger partial charge in [-0.1, -0.05) is 253 Å². The van der Waals surface area contributed by atoms with E-state index in [-0.39, 0.29) is 25.2 Å². The molecule has 0 spiro atoms. The molecule has 1 unspecified atom stereocenters. The van der Waals surface area contributed by atoms with E-state index in [0.29, 0.717) is 19.4 Å². The Hall–Kier alpha value is -3.18. The van der Waals surface area contributed by atoms with Crippen LogP contribution in [0.25, 0.3) is 0 Å². The molecule has 0 bridgehead atoms. The van der Waals surface area contributed by atoms with Crippen molar-refractivity contribution in [3.8, 4) is 0 Å². The number of ether oxygens (including phenoxy) is 3. The zero-order valence-corrected chi connectivity index (χ0v) is 47.7. The molecule has 72 heavy (non-hydrogen) atoms. The minimum Gasteiger partial charge on any atom is -0.462 e. The molecule has 1 atom stereocenters. The van der Waals surface area contributed by atoms with Crippen LogP contribution in [0, 0.1) is 0 Å². The van der Waals surface area contributed by atoms with E-state index < -0.39 is 6.10 Å². The molecule has 0 amide bonds. The molecule has 0 aromatic carbocycles. The number of allylic oxidation sites excluding steroid dienone is 16. The second-order valence-corrected chi connectivity index (χ2v) is 20.2. The molecule has 0 saturated carbocycles. The van der Waals surface area contributed by atoms with Crippen LogP contribution in [0.5, 0.6) is 0 Å². The standard InChI is InChI=1S/C67H116O5/c1-4-7-10-13-16-19-22-25-28-31-33-35-38-41-44-47-50-53-56-59-62-70-63-65(72-67(69)61-58-55-52-49-46-43-40-36-30-27-24-21-18-15-12-9-6-3)64-71-66(68)60-57-54-51-48-45-42-39-37-34-32-29-26-23-20-17-14-11-8-5-2/h8,11,17-18,20-21,25-30,34,37,42,45,65H,4-7,9-10,12-16,19,22-24,31-33,35-36,38-41,43-44,46-64H2,1-3H3/b11-8-,20-17-,21-18-,28-25-,29-26-,30-27-,37-34-,45-42-. The Bertz CT molecular complexity index is 1360. The van der Waals surface area contributed by atoms with Gasteiger partial charge in [-0.15, -0.1) is 0 Å². The van der Waals surface area contributed by atoms with Gasteiger partial charge in [0.25, 0.3) is 0 Å². The topological polar surface area (TPSA) is 61.8 Å². The lowest BCUT2D eigenvalue weighted by Gasteiger charge is -2.18. The van der Waals surface area contributed by atoms with Crippen molar-refractivity contribution in [2.75, 3.05) is 19.8 Å². The highest BCUT2D eigenvalue weighted by molar-refractivity contribution is 5.70. The zero-order valence-electron chi connectivity index (χ0n) is 47.7. The molecule has 0 radical (unpaired) electrons. The van der Waals surface area contributed by atoms with Crippen LogP contribution in [-0.2, 0) is 23.8 Å². The summed E-state index contributed by atoms with van der Waals surface area (Å²) < 4.78 is 17.5. The summed E-state index contributed by atoms with van der Waals surface area (Å²) in [5, 5.41) is 0. The number of carbonyl (C=O) groups excluding carboxylic acids is 2. The highest BCUT2D eigenvalue weighted by atomic mass is 16.6. The summed E-state index contributed by atoms with van der Waals surface area (Å²) in [7, 11) is 0. The summed E-state index contributed by atoms with van der Waals surface area (Å²) in [5.41, 5.74) is 0. The summed E-state index contributed by atoms with van der Waals surface area (Å²) in [6.45, 7) is 7.67. The Kier molecular flexibility index (Phi) is 59.4. The van der Waals surface area contributed by atoms with Crippen LogP contribution in [0.2, 0.25) is 0 Å². The fourth-order valence-electron chi connectivity index (χ4n) is 8.50. The number of carbonyl (C=O) groups is 2. The number of hydrogen-bond donors (Lipinski definition) is 0. The molecule has 5 heteroatoms. The molecule has 0 aliphatic heterocycles. The molecule has 0 aromatic rings. The lowest BCUT2D eigenvalue weighted by atomic mass is 10.1. The van der Waals surface area contributed by atoms with Gasteiger partial charge in [0.1, 0.15) is 6.61 Å². The predicted octanol–water partition coefficient (Wildman–Crippen LogP) is 21.4. The first-order valence-electron chi connectivity index (χ1n) is 30.8. The van der Waals surface area contributed by atoms with E-state index in [1.807, 2.05) is 0 Å². The summed E-state index contributed by atoms with van der Waals surface area (Å²) >= 11 is 0. The minimum absolute atomic E-state index is 0.0610. The van der Waals surface area contributed by atoms with Gasteiger partial charge in [-0.25, -0.2) is 0 Å². The first kappa shape index (κ1) is 68.8. The summed E-state index contributed by atoms with van der Waals surface area (Å²) in [5.74, 6) is -0.438. The van der Waals surface area contributed by atoms with E-state index in [1.165, 1.54) is 161 Å². The summed E-state index contributed by atoms with van der Waals surface area (Å²) in [6.07, 6.45) is 84.4. The smallest absolute Gasteiger partial charge is 0.306 e. The van der Waals surface area contributed by atoms with E-state index in [9.17, 15) is 9.59 Å². The quantitative estimate of drug-likeness (QED) is 0.0345. The predicted molar refractivity (Wildman–Crippen MR) is 316 cm³/mol. The second kappa shape index (κ2) is 62.1.